The van der Waals surface area contributed by atoms with Gasteiger partial charge in [-0.1, -0.05) is 44.2 Å². The number of halogens is 1. The maximum Gasteiger partial charge on any atom is 0.179 e. The van der Waals surface area contributed by atoms with Gasteiger partial charge in [-0.15, -0.1) is 0 Å². The van der Waals surface area contributed by atoms with Crippen LogP contribution in [0.2, 0.25) is 5.02 Å². The molecule has 0 aromatic heterocycles. The summed E-state index contributed by atoms with van der Waals surface area (Å²) in [4.78, 5) is 0. The fourth-order valence-electron chi connectivity index (χ4n) is 2.39. The van der Waals surface area contributed by atoms with Gasteiger partial charge in [0.1, 0.15) is 0 Å². The first-order valence-corrected chi connectivity index (χ1v) is 7.64. The van der Waals surface area contributed by atoms with E-state index in [0.717, 1.165) is 12.0 Å². The molecular weight excluding hydrogens is 274 g/mol. The number of unbranched alkanes of at least 4 members (excludes halogenated alkanes) is 3. The van der Waals surface area contributed by atoms with E-state index < -0.39 is 0 Å². The highest BCUT2D eigenvalue weighted by Gasteiger charge is 2.16. The van der Waals surface area contributed by atoms with Crippen molar-refractivity contribution in [1.82, 2.24) is 5.32 Å². The van der Waals surface area contributed by atoms with E-state index in [4.69, 9.17) is 21.1 Å². The molecule has 0 aliphatic rings. The van der Waals surface area contributed by atoms with Crippen LogP contribution in [0.25, 0.3) is 0 Å². The summed E-state index contributed by atoms with van der Waals surface area (Å²) in [5.74, 6) is 1.28. The van der Waals surface area contributed by atoms with Gasteiger partial charge in [-0.3, -0.25) is 0 Å². The number of hydrogen-bond donors (Lipinski definition) is 1. The van der Waals surface area contributed by atoms with Crippen LogP contribution in [0.3, 0.4) is 0 Å². The van der Waals surface area contributed by atoms with Crippen LogP contribution in [0.4, 0.5) is 0 Å². The van der Waals surface area contributed by atoms with Crippen molar-refractivity contribution in [3.05, 3.63) is 22.7 Å². The Balaban J connectivity index is 2.84. The molecule has 0 saturated heterocycles. The van der Waals surface area contributed by atoms with E-state index in [1.54, 1.807) is 14.2 Å². The molecule has 0 radical (unpaired) electrons. The van der Waals surface area contributed by atoms with E-state index in [2.05, 4.69) is 12.2 Å². The Labute approximate surface area is 127 Å². The minimum atomic E-state index is 0.296. The predicted octanol–water partition coefficient (Wildman–Crippen LogP) is 4.59. The highest BCUT2D eigenvalue weighted by Crippen LogP contribution is 2.38. The quantitative estimate of drug-likeness (QED) is 0.677. The highest BCUT2D eigenvalue weighted by molar-refractivity contribution is 6.32. The SMILES string of the molecule is CCCCCCC(NC)c1cc(Cl)c(OC)c(OC)c1. The Morgan fingerprint density at radius 3 is 2.45 bits per heavy atom. The van der Waals surface area contributed by atoms with E-state index in [-0.39, 0.29) is 0 Å². The Morgan fingerprint density at radius 2 is 1.90 bits per heavy atom. The highest BCUT2D eigenvalue weighted by atomic mass is 35.5. The van der Waals surface area contributed by atoms with E-state index in [1.165, 1.54) is 25.7 Å². The van der Waals surface area contributed by atoms with E-state index in [9.17, 15) is 0 Å². The lowest BCUT2D eigenvalue weighted by Gasteiger charge is -2.19. The largest absolute Gasteiger partial charge is 0.493 e. The van der Waals surface area contributed by atoms with Gasteiger partial charge in [0.2, 0.25) is 0 Å². The zero-order chi connectivity index (χ0) is 15.0. The number of rotatable bonds is 9. The number of nitrogens with one attached hydrogen (secondary N) is 1. The minimum absolute atomic E-state index is 0.296. The summed E-state index contributed by atoms with van der Waals surface area (Å²) >= 11 is 6.27. The lowest BCUT2D eigenvalue weighted by Crippen LogP contribution is -2.16. The third-order valence-electron chi connectivity index (χ3n) is 3.55. The lowest BCUT2D eigenvalue weighted by atomic mass is 9.99. The van der Waals surface area contributed by atoms with Crippen molar-refractivity contribution in [3.63, 3.8) is 0 Å². The maximum atomic E-state index is 6.27. The van der Waals surface area contributed by atoms with Crippen molar-refractivity contribution in [2.45, 2.75) is 45.1 Å². The summed E-state index contributed by atoms with van der Waals surface area (Å²) in [6.07, 6.45) is 6.14. The number of methoxy groups -OCH3 is 2. The van der Waals surface area contributed by atoms with Gasteiger partial charge >= 0.3 is 0 Å². The Kier molecular flexibility index (Phi) is 7.78. The Bertz CT molecular complexity index is 410. The van der Waals surface area contributed by atoms with Crippen LogP contribution >= 0.6 is 11.6 Å². The normalized spacial score (nSPS) is 12.2. The number of hydrogen-bond acceptors (Lipinski definition) is 3. The van der Waals surface area contributed by atoms with Crippen LogP contribution in [0.15, 0.2) is 12.1 Å². The molecule has 0 fully saturated rings. The molecule has 0 bridgehead atoms. The molecule has 1 unspecified atom stereocenters. The monoisotopic (exact) mass is 299 g/mol. The van der Waals surface area contributed by atoms with Gasteiger partial charge in [0.15, 0.2) is 11.5 Å². The molecule has 1 N–H and O–H groups in total. The summed E-state index contributed by atoms with van der Waals surface area (Å²) in [6.45, 7) is 2.23. The molecule has 0 spiro atoms. The van der Waals surface area contributed by atoms with Crippen LogP contribution in [-0.2, 0) is 0 Å². The average molecular weight is 300 g/mol. The predicted molar refractivity (Wildman–Crippen MR) is 85.1 cm³/mol. The van der Waals surface area contributed by atoms with Gasteiger partial charge in [-0.2, -0.15) is 0 Å². The molecule has 0 aliphatic heterocycles. The first-order chi connectivity index (χ1) is 9.67. The maximum absolute atomic E-state index is 6.27. The fraction of sp³-hybridized carbons (Fsp3) is 0.625. The molecule has 0 heterocycles. The van der Waals surface area contributed by atoms with Crippen LogP contribution in [0.5, 0.6) is 11.5 Å². The molecular formula is C16H26ClNO2. The molecule has 1 atom stereocenters. The fourth-order valence-corrected chi connectivity index (χ4v) is 2.69. The summed E-state index contributed by atoms with van der Waals surface area (Å²) in [6, 6.07) is 4.26. The standard InChI is InChI=1S/C16H26ClNO2/c1-5-6-7-8-9-14(18-2)12-10-13(17)16(20-4)15(11-12)19-3/h10-11,14,18H,5-9H2,1-4H3. The van der Waals surface area contributed by atoms with Crippen molar-refractivity contribution in [2.24, 2.45) is 0 Å². The molecule has 20 heavy (non-hydrogen) atoms. The Morgan fingerprint density at radius 1 is 1.15 bits per heavy atom. The van der Waals surface area contributed by atoms with Gasteiger partial charge in [0, 0.05) is 6.04 Å². The Hall–Kier alpha value is -0.930. The first-order valence-electron chi connectivity index (χ1n) is 7.26. The van der Waals surface area contributed by atoms with Crippen molar-refractivity contribution in [2.75, 3.05) is 21.3 Å². The molecule has 1 aromatic carbocycles. The zero-order valence-corrected chi connectivity index (χ0v) is 13.7. The smallest absolute Gasteiger partial charge is 0.179 e. The molecule has 1 aromatic rings. The van der Waals surface area contributed by atoms with Gasteiger partial charge in [0.25, 0.3) is 0 Å². The first kappa shape index (κ1) is 17.1. The van der Waals surface area contributed by atoms with Crippen LogP contribution < -0.4 is 14.8 Å². The van der Waals surface area contributed by atoms with E-state index in [0.29, 0.717) is 22.6 Å². The van der Waals surface area contributed by atoms with Crippen LogP contribution in [-0.4, -0.2) is 21.3 Å². The van der Waals surface area contributed by atoms with Crippen molar-refractivity contribution in [1.29, 1.82) is 0 Å². The van der Waals surface area contributed by atoms with Crippen LogP contribution in [0.1, 0.15) is 50.6 Å². The molecule has 114 valence electrons. The van der Waals surface area contributed by atoms with E-state index in [1.807, 2.05) is 19.2 Å². The van der Waals surface area contributed by atoms with Crippen molar-refractivity contribution < 1.29 is 9.47 Å². The second-order valence-electron chi connectivity index (χ2n) is 4.93. The summed E-state index contributed by atoms with van der Waals surface area (Å²) in [7, 11) is 5.21. The summed E-state index contributed by atoms with van der Waals surface area (Å²) < 4.78 is 10.6. The minimum Gasteiger partial charge on any atom is -0.493 e. The molecule has 4 heteroatoms. The third-order valence-corrected chi connectivity index (χ3v) is 3.83. The number of ether oxygens (including phenoxy) is 2. The van der Waals surface area contributed by atoms with Gasteiger partial charge in [-0.05, 0) is 31.2 Å². The summed E-state index contributed by atoms with van der Waals surface area (Å²) in [5.41, 5.74) is 1.15. The average Bonchev–Trinajstić information content (AvgIpc) is 2.46. The zero-order valence-electron chi connectivity index (χ0n) is 13.0. The second-order valence-corrected chi connectivity index (χ2v) is 5.34. The molecule has 0 amide bonds. The van der Waals surface area contributed by atoms with Crippen LogP contribution in [0, 0.1) is 0 Å². The van der Waals surface area contributed by atoms with Gasteiger partial charge in [-0.25, -0.2) is 0 Å². The molecule has 0 saturated carbocycles. The molecule has 1 rings (SSSR count). The molecule has 3 nitrogen and oxygen atoms in total. The van der Waals surface area contributed by atoms with E-state index >= 15 is 0 Å². The van der Waals surface area contributed by atoms with Gasteiger partial charge < -0.3 is 14.8 Å². The topological polar surface area (TPSA) is 30.5 Å². The second kappa shape index (κ2) is 9.09. The third kappa shape index (κ3) is 4.57. The molecule has 0 aliphatic carbocycles. The summed E-state index contributed by atoms with van der Waals surface area (Å²) in [5, 5.41) is 3.95. The lowest BCUT2D eigenvalue weighted by molar-refractivity contribution is 0.354. The van der Waals surface area contributed by atoms with Crippen molar-refractivity contribution >= 4 is 11.6 Å². The van der Waals surface area contributed by atoms with Crippen molar-refractivity contribution in [3.8, 4) is 11.5 Å². The number of benzene rings is 1. The van der Waals surface area contributed by atoms with Gasteiger partial charge in [0.05, 0.1) is 19.2 Å².